The maximum Gasteiger partial charge on any atom is 0.254 e. The number of amides is 1. The molecule has 3 nitrogen and oxygen atoms in total. The summed E-state index contributed by atoms with van der Waals surface area (Å²) in [6, 6.07) is 5.44. The Morgan fingerprint density at radius 1 is 1.39 bits per heavy atom. The molecule has 0 saturated carbocycles. The van der Waals surface area contributed by atoms with E-state index < -0.39 is 0 Å². The van der Waals surface area contributed by atoms with Crippen LogP contribution in [0.15, 0.2) is 22.7 Å². The van der Waals surface area contributed by atoms with Crippen LogP contribution in [0.1, 0.15) is 24.2 Å². The van der Waals surface area contributed by atoms with Crippen LogP contribution < -0.4 is 0 Å². The van der Waals surface area contributed by atoms with E-state index in [0.29, 0.717) is 23.8 Å². The third kappa shape index (κ3) is 2.71. The third-order valence-electron chi connectivity index (χ3n) is 3.07. The SMILES string of the molecule is CC1COCC(C)N1C(=O)c1ccc(Cl)c(Br)c1. The highest BCUT2D eigenvalue weighted by Crippen LogP contribution is 2.25. The predicted octanol–water partition coefficient (Wildman–Crippen LogP) is 3.35. The molecule has 2 rings (SSSR count). The van der Waals surface area contributed by atoms with Crippen molar-refractivity contribution in [2.45, 2.75) is 25.9 Å². The molecule has 0 aromatic heterocycles. The van der Waals surface area contributed by atoms with Crippen LogP contribution in [-0.4, -0.2) is 36.1 Å². The number of hydrogen-bond acceptors (Lipinski definition) is 2. The first-order chi connectivity index (χ1) is 8.50. The molecule has 2 atom stereocenters. The molecule has 1 aliphatic rings. The Morgan fingerprint density at radius 2 is 2.00 bits per heavy atom. The van der Waals surface area contributed by atoms with Gasteiger partial charge in [0.05, 0.1) is 30.3 Å². The van der Waals surface area contributed by atoms with E-state index in [-0.39, 0.29) is 18.0 Å². The monoisotopic (exact) mass is 331 g/mol. The van der Waals surface area contributed by atoms with Crippen molar-refractivity contribution in [3.8, 4) is 0 Å². The van der Waals surface area contributed by atoms with Crippen molar-refractivity contribution < 1.29 is 9.53 Å². The van der Waals surface area contributed by atoms with Gasteiger partial charge in [-0.3, -0.25) is 4.79 Å². The third-order valence-corrected chi connectivity index (χ3v) is 4.28. The van der Waals surface area contributed by atoms with E-state index in [1.807, 2.05) is 18.7 Å². The van der Waals surface area contributed by atoms with Crippen LogP contribution in [0.3, 0.4) is 0 Å². The summed E-state index contributed by atoms with van der Waals surface area (Å²) >= 11 is 9.28. The maximum absolute atomic E-state index is 12.5. The lowest BCUT2D eigenvalue weighted by molar-refractivity contribution is -0.0249. The molecule has 98 valence electrons. The molecule has 1 amide bonds. The number of nitrogens with zero attached hydrogens (tertiary/aromatic N) is 1. The van der Waals surface area contributed by atoms with E-state index >= 15 is 0 Å². The van der Waals surface area contributed by atoms with E-state index in [1.165, 1.54) is 0 Å². The van der Waals surface area contributed by atoms with Gasteiger partial charge in [0.15, 0.2) is 0 Å². The quantitative estimate of drug-likeness (QED) is 0.789. The summed E-state index contributed by atoms with van der Waals surface area (Å²) in [4.78, 5) is 14.4. The number of rotatable bonds is 1. The molecule has 1 saturated heterocycles. The second kappa shape index (κ2) is 5.59. The Balaban J connectivity index is 2.26. The molecule has 5 heteroatoms. The minimum absolute atomic E-state index is 0.0238. The van der Waals surface area contributed by atoms with Gasteiger partial charge in [0.1, 0.15) is 0 Å². The molecule has 1 fully saturated rings. The second-order valence-corrected chi connectivity index (χ2v) is 5.84. The molecule has 1 heterocycles. The average molecular weight is 333 g/mol. The zero-order chi connectivity index (χ0) is 13.3. The highest BCUT2D eigenvalue weighted by atomic mass is 79.9. The number of benzene rings is 1. The van der Waals surface area contributed by atoms with Gasteiger partial charge < -0.3 is 9.64 Å². The molecule has 0 aliphatic carbocycles. The fourth-order valence-corrected chi connectivity index (χ4v) is 2.68. The van der Waals surface area contributed by atoms with Crippen LogP contribution in [-0.2, 0) is 4.74 Å². The molecular weight excluding hydrogens is 318 g/mol. The van der Waals surface area contributed by atoms with E-state index in [2.05, 4.69) is 15.9 Å². The van der Waals surface area contributed by atoms with Gasteiger partial charge in [0.25, 0.3) is 5.91 Å². The van der Waals surface area contributed by atoms with Gasteiger partial charge in [-0.2, -0.15) is 0 Å². The predicted molar refractivity (Wildman–Crippen MR) is 75.1 cm³/mol. The lowest BCUT2D eigenvalue weighted by atomic mass is 10.1. The number of carbonyl (C=O) groups excluding carboxylic acids is 1. The molecule has 18 heavy (non-hydrogen) atoms. The topological polar surface area (TPSA) is 29.5 Å². The van der Waals surface area contributed by atoms with Crippen molar-refractivity contribution >= 4 is 33.4 Å². The molecule has 0 spiro atoms. The van der Waals surface area contributed by atoms with Gasteiger partial charge in [-0.15, -0.1) is 0 Å². The molecule has 2 unspecified atom stereocenters. The Bertz CT molecular complexity index is 456. The molecule has 1 aromatic carbocycles. The van der Waals surface area contributed by atoms with Crippen LogP contribution in [0.5, 0.6) is 0 Å². The Kier molecular flexibility index (Phi) is 4.30. The molecule has 1 aromatic rings. The minimum atomic E-state index is 0.0238. The first-order valence-corrected chi connectivity index (χ1v) is 7.03. The van der Waals surface area contributed by atoms with E-state index in [1.54, 1.807) is 18.2 Å². The summed E-state index contributed by atoms with van der Waals surface area (Å²) in [5.41, 5.74) is 0.645. The molecular formula is C13H15BrClNO2. The lowest BCUT2D eigenvalue weighted by Crippen LogP contribution is -2.52. The van der Waals surface area contributed by atoms with E-state index in [0.717, 1.165) is 4.47 Å². The van der Waals surface area contributed by atoms with Gasteiger partial charge in [0.2, 0.25) is 0 Å². The summed E-state index contributed by atoms with van der Waals surface area (Å²) < 4.78 is 6.17. The van der Waals surface area contributed by atoms with Crippen molar-refractivity contribution in [1.29, 1.82) is 0 Å². The number of halogens is 2. The summed E-state index contributed by atoms with van der Waals surface area (Å²) in [5.74, 6) is 0.0238. The number of morpholine rings is 1. The van der Waals surface area contributed by atoms with Crippen molar-refractivity contribution in [2.75, 3.05) is 13.2 Å². The van der Waals surface area contributed by atoms with Crippen LogP contribution >= 0.6 is 27.5 Å². The number of carbonyl (C=O) groups is 1. The Hall–Kier alpha value is -0.580. The van der Waals surface area contributed by atoms with Crippen LogP contribution in [0.25, 0.3) is 0 Å². The largest absolute Gasteiger partial charge is 0.377 e. The normalized spacial score (nSPS) is 24.1. The Morgan fingerprint density at radius 3 is 2.56 bits per heavy atom. The van der Waals surface area contributed by atoms with Crippen molar-refractivity contribution in [2.24, 2.45) is 0 Å². The van der Waals surface area contributed by atoms with Crippen LogP contribution in [0, 0.1) is 0 Å². The van der Waals surface area contributed by atoms with Gasteiger partial charge in [-0.05, 0) is 48.0 Å². The first-order valence-electron chi connectivity index (χ1n) is 5.86. The maximum atomic E-state index is 12.5. The van der Waals surface area contributed by atoms with Gasteiger partial charge >= 0.3 is 0 Å². The van der Waals surface area contributed by atoms with Crippen molar-refractivity contribution in [1.82, 2.24) is 4.90 Å². The minimum Gasteiger partial charge on any atom is -0.377 e. The lowest BCUT2D eigenvalue weighted by Gasteiger charge is -2.38. The van der Waals surface area contributed by atoms with Gasteiger partial charge in [-0.1, -0.05) is 11.6 Å². The number of hydrogen-bond donors (Lipinski definition) is 0. The second-order valence-electron chi connectivity index (χ2n) is 4.58. The smallest absolute Gasteiger partial charge is 0.254 e. The first kappa shape index (κ1) is 13.8. The van der Waals surface area contributed by atoms with Crippen molar-refractivity contribution in [3.63, 3.8) is 0 Å². The zero-order valence-electron chi connectivity index (χ0n) is 10.3. The van der Waals surface area contributed by atoms with E-state index in [9.17, 15) is 4.79 Å². The Labute approximate surface area is 120 Å². The number of ether oxygens (including phenoxy) is 1. The fraction of sp³-hybridized carbons (Fsp3) is 0.462. The molecule has 0 N–H and O–H groups in total. The molecule has 1 aliphatic heterocycles. The summed E-state index contributed by atoms with van der Waals surface area (Å²) in [7, 11) is 0. The van der Waals surface area contributed by atoms with Crippen molar-refractivity contribution in [3.05, 3.63) is 33.3 Å². The fourth-order valence-electron chi connectivity index (χ4n) is 2.18. The van der Waals surface area contributed by atoms with E-state index in [4.69, 9.17) is 16.3 Å². The summed E-state index contributed by atoms with van der Waals surface area (Å²) in [5, 5.41) is 0.606. The highest BCUT2D eigenvalue weighted by molar-refractivity contribution is 9.10. The zero-order valence-corrected chi connectivity index (χ0v) is 12.7. The summed E-state index contributed by atoms with van der Waals surface area (Å²) in [6.45, 7) is 5.17. The average Bonchev–Trinajstić information content (AvgIpc) is 2.32. The van der Waals surface area contributed by atoms with Crippen LogP contribution in [0.4, 0.5) is 0 Å². The molecule has 0 bridgehead atoms. The van der Waals surface area contributed by atoms with Gasteiger partial charge in [-0.25, -0.2) is 0 Å². The molecule has 0 radical (unpaired) electrons. The van der Waals surface area contributed by atoms with Gasteiger partial charge in [0, 0.05) is 10.0 Å². The van der Waals surface area contributed by atoms with Crippen LogP contribution in [0.2, 0.25) is 5.02 Å². The summed E-state index contributed by atoms with van der Waals surface area (Å²) in [6.07, 6.45) is 0. The highest BCUT2D eigenvalue weighted by Gasteiger charge is 2.30. The standard InChI is InChI=1S/C13H15BrClNO2/c1-8-6-18-7-9(2)16(8)13(17)10-3-4-12(15)11(14)5-10/h3-5,8-9H,6-7H2,1-2H3.